The van der Waals surface area contributed by atoms with Crippen LogP contribution >= 0.6 is 11.8 Å². The molecule has 0 fully saturated rings. The zero-order valence-electron chi connectivity index (χ0n) is 21.0. The highest BCUT2D eigenvalue weighted by Gasteiger charge is 2.27. The predicted molar refractivity (Wildman–Crippen MR) is 146 cm³/mol. The van der Waals surface area contributed by atoms with Gasteiger partial charge in [-0.3, -0.25) is 9.10 Å². The summed E-state index contributed by atoms with van der Waals surface area (Å²) < 4.78 is 44.1. The van der Waals surface area contributed by atoms with Crippen LogP contribution in [0.15, 0.2) is 81.6 Å². The van der Waals surface area contributed by atoms with Crippen molar-refractivity contribution < 1.29 is 27.4 Å². The second-order valence-electron chi connectivity index (χ2n) is 7.52. The summed E-state index contributed by atoms with van der Waals surface area (Å²) in [5.74, 6) is 1.05. The Morgan fingerprint density at radius 3 is 2.27 bits per heavy atom. The summed E-state index contributed by atoms with van der Waals surface area (Å²) in [7, 11) is -0.999. The molecule has 11 heteroatoms. The van der Waals surface area contributed by atoms with E-state index >= 15 is 0 Å². The van der Waals surface area contributed by atoms with Crippen LogP contribution in [0.1, 0.15) is 12.5 Å². The van der Waals surface area contributed by atoms with Crippen molar-refractivity contribution in [1.29, 1.82) is 0 Å². The number of nitrogens with zero attached hydrogens (tertiary/aromatic N) is 2. The molecule has 0 radical (unpaired) electrons. The number of amides is 1. The van der Waals surface area contributed by atoms with Gasteiger partial charge in [0.05, 0.1) is 37.6 Å². The second-order valence-corrected chi connectivity index (χ2v) is 10.3. The van der Waals surface area contributed by atoms with Crippen molar-refractivity contribution in [3.63, 3.8) is 0 Å². The lowest BCUT2D eigenvalue weighted by Gasteiger charge is -2.24. The normalized spacial score (nSPS) is 11.2. The third kappa shape index (κ3) is 7.17. The van der Waals surface area contributed by atoms with E-state index < -0.39 is 22.5 Å². The van der Waals surface area contributed by atoms with Gasteiger partial charge in [0, 0.05) is 4.90 Å². The number of hydrogen-bond donors (Lipinski definition) is 1. The fourth-order valence-corrected chi connectivity index (χ4v) is 5.17. The molecule has 3 aromatic rings. The maximum absolute atomic E-state index is 13.5. The minimum atomic E-state index is -4.05. The second kappa shape index (κ2) is 13.0. The molecular weight excluding hydrogens is 514 g/mol. The summed E-state index contributed by atoms with van der Waals surface area (Å²) in [6.07, 6.45) is 3.33. The molecule has 37 heavy (non-hydrogen) atoms. The monoisotopic (exact) mass is 543 g/mol. The number of ether oxygens (including phenoxy) is 3. The Balaban J connectivity index is 1.83. The Hall–Kier alpha value is -3.70. The van der Waals surface area contributed by atoms with Crippen LogP contribution in [0, 0.1) is 0 Å². The maximum atomic E-state index is 13.5. The Bertz CT molecular complexity index is 1330. The maximum Gasteiger partial charge on any atom is 0.264 e. The first-order chi connectivity index (χ1) is 17.8. The van der Waals surface area contributed by atoms with Crippen molar-refractivity contribution in [2.45, 2.75) is 16.7 Å². The highest BCUT2D eigenvalue weighted by Crippen LogP contribution is 2.28. The Morgan fingerprint density at radius 2 is 1.68 bits per heavy atom. The van der Waals surface area contributed by atoms with E-state index in [2.05, 4.69) is 10.5 Å². The predicted octanol–water partition coefficient (Wildman–Crippen LogP) is 4.17. The van der Waals surface area contributed by atoms with Gasteiger partial charge in [0.15, 0.2) is 11.5 Å². The van der Waals surface area contributed by atoms with E-state index in [1.54, 1.807) is 54.6 Å². The topological polar surface area (TPSA) is 107 Å². The Morgan fingerprint density at radius 1 is 1.00 bits per heavy atom. The van der Waals surface area contributed by atoms with E-state index in [-0.39, 0.29) is 4.90 Å². The van der Waals surface area contributed by atoms with Gasteiger partial charge in [-0.1, -0.05) is 0 Å². The van der Waals surface area contributed by atoms with E-state index in [9.17, 15) is 13.2 Å². The average molecular weight is 544 g/mol. The minimum absolute atomic E-state index is 0.0702. The van der Waals surface area contributed by atoms with Crippen molar-refractivity contribution in [2.75, 3.05) is 37.9 Å². The van der Waals surface area contributed by atoms with E-state index in [0.29, 0.717) is 35.1 Å². The zero-order valence-corrected chi connectivity index (χ0v) is 22.6. The van der Waals surface area contributed by atoms with Gasteiger partial charge in [0.1, 0.15) is 12.3 Å². The summed E-state index contributed by atoms with van der Waals surface area (Å²) in [6, 6.07) is 18.2. The van der Waals surface area contributed by atoms with Crippen LogP contribution in [-0.4, -0.2) is 54.2 Å². The van der Waals surface area contributed by atoms with Crippen LogP contribution in [0.2, 0.25) is 0 Å². The molecule has 0 saturated heterocycles. The lowest BCUT2D eigenvalue weighted by atomic mass is 10.2. The largest absolute Gasteiger partial charge is 0.494 e. The van der Waals surface area contributed by atoms with E-state index in [0.717, 1.165) is 9.20 Å². The summed E-state index contributed by atoms with van der Waals surface area (Å²) in [6.45, 7) is 1.85. The molecule has 0 aliphatic carbocycles. The van der Waals surface area contributed by atoms with Gasteiger partial charge in [-0.25, -0.2) is 13.8 Å². The van der Waals surface area contributed by atoms with Crippen molar-refractivity contribution in [3.05, 3.63) is 72.3 Å². The van der Waals surface area contributed by atoms with Crippen LogP contribution in [0.4, 0.5) is 5.69 Å². The van der Waals surface area contributed by atoms with Crippen molar-refractivity contribution in [2.24, 2.45) is 5.10 Å². The molecule has 0 bridgehead atoms. The third-order valence-electron chi connectivity index (χ3n) is 5.18. The molecule has 3 rings (SSSR count). The first-order valence-electron chi connectivity index (χ1n) is 11.3. The summed E-state index contributed by atoms with van der Waals surface area (Å²) in [4.78, 5) is 13.8. The number of nitrogens with one attached hydrogen (secondary N) is 1. The molecular formula is C26H29N3O6S2. The zero-order chi connectivity index (χ0) is 26.8. The molecule has 0 aromatic heterocycles. The molecule has 196 valence electrons. The molecule has 9 nitrogen and oxygen atoms in total. The number of benzene rings is 3. The summed E-state index contributed by atoms with van der Waals surface area (Å²) in [5, 5.41) is 3.97. The molecule has 0 unspecified atom stereocenters. The number of carbonyl (C=O) groups is 1. The number of rotatable bonds is 12. The van der Waals surface area contributed by atoms with E-state index in [1.807, 2.05) is 13.2 Å². The summed E-state index contributed by atoms with van der Waals surface area (Å²) >= 11 is 1.50. The number of sulfonamides is 1. The van der Waals surface area contributed by atoms with Gasteiger partial charge in [0.25, 0.3) is 15.9 Å². The molecule has 3 aromatic carbocycles. The minimum Gasteiger partial charge on any atom is -0.494 e. The quantitative estimate of drug-likeness (QED) is 0.208. The molecule has 1 amide bonds. The first-order valence-corrected chi connectivity index (χ1v) is 13.9. The van der Waals surface area contributed by atoms with Crippen molar-refractivity contribution in [1.82, 2.24) is 5.43 Å². The van der Waals surface area contributed by atoms with Crippen molar-refractivity contribution >= 4 is 39.6 Å². The molecule has 0 aliphatic heterocycles. The van der Waals surface area contributed by atoms with Gasteiger partial charge in [0.2, 0.25) is 0 Å². The van der Waals surface area contributed by atoms with Crippen LogP contribution < -0.4 is 23.9 Å². The number of methoxy groups -OCH3 is 2. The van der Waals surface area contributed by atoms with Crippen LogP contribution in [0.25, 0.3) is 0 Å². The standard InChI is InChI=1S/C26H29N3O6S2/c1-5-35-21-9-7-20(8-10-21)29(37(31,32)23-13-11-22(36-4)12-14-23)18-26(30)28-27-17-19-6-15-24(33-2)25(16-19)34-3/h6-17H,5,18H2,1-4H3,(H,28,30)/b27-17-. The van der Waals surface area contributed by atoms with Crippen LogP contribution in [0.3, 0.4) is 0 Å². The molecule has 0 spiro atoms. The van der Waals surface area contributed by atoms with Gasteiger partial charge >= 0.3 is 0 Å². The smallest absolute Gasteiger partial charge is 0.264 e. The van der Waals surface area contributed by atoms with E-state index in [4.69, 9.17) is 14.2 Å². The molecule has 0 saturated carbocycles. The van der Waals surface area contributed by atoms with Gasteiger partial charge in [-0.05, 0) is 85.5 Å². The lowest BCUT2D eigenvalue weighted by Crippen LogP contribution is -2.39. The highest BCUT2D eigenvalue weighted by molar-refractivity contribution is 7.98. The first kappa shape index (κ1) is 27.9. The third-order valence-corrected chi connectivity index (χ3v) is 7.71. The molecule has 0 atom stereocenters. The summed E-state index contributed by atoms with van der Waals surface area (Å²) in [5.41, 5.74) is 3.37. The number of carbonyl (C=O) groups excluding carboxylic acids is 1. The average Bonchev–Trinajstić information content (AvgIpc) is 2.92. The number of hydrazone groups is 1. The molecule has 0 heterocycles. The number of anilines is 1. The van der Waals surface area contributed by atoms with Gasteiger partial charge in [-0.2, -0.15) is 5.10 Å². The fourth-order valence-electron chi connectivity index (χ4n) is 3.34. The Kier molecular flexibility index (Phi) is 9.81. The Labute approximate surface area is 221 Å². The fraction of sp³-hybridized carbons (Fsp3) is 0.231. The van der Waals surface area contributed by atoms with Gasteiger partial charge in [-0.15, -0.1) is 11.8 Å². The van der Waals surface area contributed by atoms with Crippen LogP contribution in [0.5, 0.6) is 17.2 Å². The number of hydrogen-bond acceptors (Lipinski definition) is 8. The van der Waals surface area contributed by atoms with E-state index in [1.165, 1.54) is 44.3 Å². The lowest BCUT2D eigenvalue weighted by molar-refractivity contribution is -0.119. The highest BCUT2D eigenvalue weighted by atomic mass is 32.2. The van der Waals surface area contributed by atoms with Crippen LogP contribution in [-0.2, 0) is 14.8 Å². The molecule has 1 N–H and O–H groups in total. The van der Waals surface area contributed by atoms with Gasteiger partial charge < -0.3 is 14.2 Å². The van der Waals surface area contributed by atoms with Crippen molar-refractivity contribution in [3.8, 4) is 17.2 Å². The molecule has 0 aliphatic rings. The number of thioether (sulfide) groups is 1. The SMILES string of the molecule is CCOc1ccc(N(CC(=O)N/N=C\c2ccc(OC)c(OC)c2)S(=O)(=O)c2ccc(SC)cc2)cc1.